The van der Waals surface area contributed by atoms with Crippen molar-refractivity contribution in [1.82, 2.24) is 5.32 Å². The Morgan fingerprint density at radius 2 is 2.10 bits per heavy atom. The van der Waals surface area contributed by atoms with Crippen molar-refractivity contribution in [2.24, 2.45) is 0 Å². The van der Waals surface area contributed by atoms with Crippen LogP contribution in [-0.2, 0) is 20.7 Å². The number of benzene rings is 1. The van der Waals surface area contributed by atoms with Crippen LogP contribution >= 0.6 is 0 Å². The average Bonchev–Trinajstić information content (AvgIpc) is 2.94. The van der Waals surface area contributed by atoms with Crippen molar-refractivity contribution < 1.29 is 19.4 Å². The summed E-state index contributed by atoms with van der Waals surface area (Å²) in [5, 5.41) is 11.8. The highest BCUT2D eigenvalue weighted by Crippen LogP contribution is 2.13. The van der Waals surface area contributed by atoms with Crippen molar-refractivity contribution in [1.29, 1.82) is 0 Å². The zero-order valence-corrected chi connectivity index (χ0v) is 11.5. The van der Waals surface area contributed by atoms with Gasteiger partial charge in [-0.25, -0.2) is 4.79 Å². The first kappa shape index (κ1) is 14.5. The van der Waals surface area contributed by atoms with Gasteiger partial charge >= 0.3 is 5.97 Å². The number of carboxylic acids is 1. The van der Waals surface area contributed by atoms with Gasteiger partial charge in [0.05, 0.1) is 0 Å². The number of carbonyl (C=O) groups is 2. The maximum atomic E-state index is 11.9. The second kappa shape index (κ2) is 6.52. The molecule has 1 fully saturated rings. The van der Waals surface area contributed by atoms with E-state index in [1.807, 2.05) is 31.2 Å². The Bertz CT molecular complexity index is 477. The Kier molecular flexibility index (Phi) is 4.74. The molecule has 1 aliphatic heterocycles. The molecular weight excluding hydrogens is 258 g/mol. The summed E-state index contributed by atoms with van der Waals surface area (Å²) in [7, 11) is 0. The van der Waals surface area contributed by atoms with Gasteiger partial charge in [0.1, 0.15) is 12.1 Å². The first-order valence-electron chi connectivity index (χ1n) is 6.76. The molecular formula is C15H19NO4. The fraction of sp³-hybridized carbons (Fsp3) is 0.467. The molecule has 2 rings (SSSR count). The number of aryl methyl sites for hydroxylation is 1. The molecule has 108 valence electrons. The third-order valence-electron chi connectivity index (χ3n) is 3.40. The summed E-state index contributed by atoms with van der Waals surface area (Å²) in [6, 6.07) is 6.69. The largest absolute Gasteiger partial charge is 0.480 e. The molecule has 1 saturated heterocycles. The van der Waals surface area contributed by atoms with Crippen LogP contribution in [0, 0.1) is 6.92 Å². The molecule has 2 atom stereocenters. The Morgan fingerprint density at radius 3 is 2.65 bits per heavy atom. The Balaban J connectivity index is 1.98. The van der Waals surface area contributed by atoms with E-state index in [9.17, 15) is 14.7 Å². The van der Waals surface area contributed by atoms with Crippen molar-refractivity contribution in [3.63, 3.8) is 0 Å². The fourth-order valence-corrected chi connectivity index (χ4v) is 2.21. The maximum absolute atomic E-state index is 11.9. The number of carbonyl (C=O) groups excluding carboxylic acids is 1. The van der Waals surface area contributed by atoms with E-state index in [1.54, 1.807) is 0 Å². The number of hydrogen-bond acceptors (Lipinski definition) is 3. The van der Waals surface area contributed by atoms with Crippen molar-refractivity contribution in [2.75, 3.05) is 6.61 Å². The van der Waals surface area contributed by atoms with E-state index in [0.717, 1.165) is 17.5 Å². The minimum Gasteiger partial charge on any atom is -0.480 e. The summed E-state index contributed by atoms with van der Waals surface area (Å²) in [6.07, 6.45) is 1.26. The number of rotatable bonds is 5. The summed E-state index contributed by atoms with van der Waals surface area (Å²) in [5.74, 6) is -1.36. The maximum Gasteiger partial charge on any atom is 0.326 e. The van der Waals surface area contributed by atoms with E-state index < -0.39 is 18.1 Å². The standard InChI is InChI=1S/C15H19NO4/c1-10-4-6-11(7-5-10)9-12(15(18)19)16-14(17)13-3-2-8-20-13/h4-7,12-13H,2-3,8-9H2,1H3,(H,16,17)(H,18,19)/t12-,13-/m1/s1. The first-order chi connectivity index (χ1) is 9.56. The van der Waals surface area contributed by atoms with Gasteiger partial charge < -0.3 is 15.2 Å². The lowest BCUT2D eigenvalue weighted by Gasteiger charge is -2.17. The zero-order valence-electron chi connectivity index (χ0n) is 11.5. The fourth-order valence-electron chi connectivity index (χ4n) is 2.21. The Hall–Kier alpha value is -1.88. The molecule has 1 aliphatic rings. The molecule has 5 heteroatoms. The number of carboxylic acid groups (broad SMARTS) is 1. The van der Waals surface area contributed by atoms with Crippen molar-refractivity contribution in [3.8, 4) is 0 Å². The number of ether oxygens (including phenoxy) is 1. The van der Waals surface area contributed by atoms with Crippen LogP contribution in [0.4, 0.5) is 0 Å². The Morgan fingerprint density at radius 1 is 1.40 bits per heavy atom. The lowest BCUT2D eigenvalue weighted by Crippen LogP contribution is -2.46. The third-order valence-corrected chi connectivity index (χ3v) is 3.40. The van der Waals surface area contributed by atoms with Gasteiger partial charge in [-0.15, -0.1) is 0 Å². The molecule has 0 aromatic heterocycles. The molecule has 1 amide bonds. The number of hydrogen-bond donors (Lipinski definition) is 2. The molecule has 20 heavy (non-hydrogen) atoms. The number of aliphatic carboxylic acids is 1. The topological polar surface area (TPSA) is 75.6 Å². The summed E-state index contributed by atoms with van der Waals surface area (Å²) in [4.78, 5) is 23.2. The first-order valence-corrected chi connectivity index (χ1v) is 6.76. The molecule has 0 spiro atoms. The molecule has 0 radical (unpaired) electrons. The van der Waals surface area contributed by atoms with Crippen LogP contribution in [0.3, 0.4) is 0 Å². The van der Waals surface area contributed by atoms with E-state index in [2.05, 4.69) is 5.32 Å². The minimum atomic E-state index is -1.03. The van der Waals surface area contributed by atoms with Crippen LogP contribution in [0.2, 0.25) is 0 Å². The molecule has 1 aromatic rings. The average molecular weight is 277 g/mol. The van der Waals surface area contributed by atoms with Gasteiger partial charge in [-0.05, 0) is 25.3 Å². The van der Waals surface area contributed by atoms with Crippen molar-refractivity contribution >= 4 is 11.9 Å². The van der Waals surface area contributed by atoms with Crippen LogP contribution in [0.25, 0.3) is 0 Å². The highest BCUT2D eigenvalue weighted by molar-refractivity contribution is 5.86. The van der Waals surface area contributed by atoms with Crippen LogP contribution < -0.4 is 5.32 Å². The number of nitrogens with one attached hydrogen (secondary N) is 1. The van der Waals surface area contributed by atoms with Crippen LogP contribution in [-0.4, -0.2) is 35.7 Å². The SMILES string of the molecule is Cc1ccc(C[C@@H](NC(=O)[C@H]2CCCO2)C(=O)O)cc1. The van der Waals surface area contributed by atoms with Gasteiger partial charge in [0.2, 0.25) is 5.91 Å². The van der Waals surface area contributed by atoms with E-state index in [4.69, 9.17) is 4.74 Å². The van der Waals surface area contributed by atoms with Gasteiger partial charge in [0.15, 0.2) is 0 Å². The molecule has 1 heterocycles. The monoisotopic (exact) mass is 277 g/mol. The summed E-state index contributed by atoms with van der Waals surface area (Å²) in [5.41, 5.74) is 2.00. The molecule has 0 bridgehead atoms. The van der Waals surface area contributed by atoms with Gasteiger partial charge in [0.25, 0.3) is 0 Å². The summed E-state index contributed by atoms with van der Waals surface area (Å²) < 4.78 is 5.26. The lowest BCUT2D eigenvalue weighted by atomic mass is 10.0. The molecule has 0 saturated carbocycles. The summed E-state index contributed by atoms with van der Waals surface area (Å²) in [6.45, 7) is 2.53. The smallest absolute Gasteiger partial charge is 0.326 e. The van der Waals surface area contributed by atoms with Gasteiger partial charge in [-0.1, -0.05) is 29.8 Å². The lowest BCUT2D eigenvalue weighted by molar-refractivity contribution is -0.143. The van der Waals surface area contributed by atoms with E-state index in [-0.39, 0.29) is 12.3 Å². The van der Waals surface area contributed by atoms with Crippen LogP contribution in [0.5, 0.6) is 0 Å². The normalized spacial score (nSPS) is 19.6. The highest BCUT2D eigenvalue weighted by atomic mass is 16.5. The molecule has 0 unspecified atom stereocenters. The Labute approximate surface area is 117 Å². The van der Waals surface area contributed by atoms with Crippen LogP contribution in [0.1, 0.15) is 24.0 Å². The van der Waals surface area contributed by atoms with Gasteiger partial charge in [-0.3, -0.25) is 4.79 Å². The van der Waals surface area contributed by atoms with E-state index >= 15 is 0 Å². The van der Waals surface area contributed by atoms with E-state index in [0.29, 0.717) is 13.0 Å². The van der Waals surface area contributed by atoms with Crippen molar-refractivity contribution in [2.45, 2.75) is 38.3 Å². The second-order valence-electron chi connectivity index (χ2n) is 5.09. The van der Waals surface area contributed by atoms with Gasteiger partial charge in [-0.2, -0.15) is 0 Å². The summed E-state index contributed by atoms with van der Waals surface area (Å²) >= 11 is 0. The highest BCUT2D eigenvalue weighted by Gasteiger charge is 2.28. The van der Waals surface area contributed by atoms with E-state index in [1.165, 1.54) is 0 Å². The van der Waals surface area contributed by atoms with Crippen molar-refractivity contribution in [3.05, 3.63) is 35.4 Å². The molecule has 1 aromatic carbocycles. The molecule has 2 N–H and O–H groups in total. The molecule has 5 nitrogen and oxygen atoms in total. The third kappa shape index (κ3) is 3.81. The zero-order chi connectivity index (χ0) is 14.5. The van der Waals surface area contributed by atoms with Gasteiger partial charge in [0, 0.05) is 13.0 Å². The predicted molar refractivity (Wildman–Crippen MR) is 73.4 cm³/mol. The van der Waals surface area contributed by atoms with Crippen LogP contribution in [0.15, 0.2) is 24.3 Å². The minimum absolute atomic E-state index is 0.272. The second-order valence-corrected chi connectivity index (χ2v) is 5.09. The predicted octanol–water partition coefficient (Wildman–Crippen LogP) is 1.29. The quantitative estimate of drug-likeness (QED) is 0.850. The molecule has 0 aliphatic carbocycles. The number of amides is 1.